The van der Waals surface area contributed by atoms with E-state index in [4.69, 9.17) is 14.2 Å². The molecule has 1 fully saturated rings. The molecule has 0 unspecified atom stereocenters. The molecule has 0 bridgehead atoms. The largest absolute Gasteiger partial charge is 0.493 e. The van der Waals surface area contributed by atoms with Crippen molar-refractivity contribution in [2.45, 2.75) is 40.0 Å². The van der Waals surface area contributed by atoms with Crippen LogP contribution in [0, 0.1) is 11.2 Å². The van der Waals surface area contributed by atoms with Gasteiger partial charge in [-0.05, 0) is 80.9 Å². The molecule has 1 aromatic heterocycles. The molecule has 10 nitrogen and oxygen atoms in total. The van der Waals surface area contributed by atoms with Gasteiger partial charge in [-0.25, -0.2) is 14.4 Å². The first kappa shape index (κ1) is 31.5. The van der Waals surface area contributed by atoms with Crippen LogP contribution in [0.25, 0.3) is 10.9 Å². The molecule has 0 aliphatic heterocycles. The monoisotopic (exact) mass is 613 g/mol. The minimum Gasteiger partial charge on any atom is -0.493 e. The molecule has 5 rings (SSSR count). The number of amides is 2. The number of ether oxygens (including phenoxy) is 3. The van der Waals surface area contributed by atoms with E-state index in [1.54, 1.807) is 24.3 Å². The number of methoxy groups -OCH3 is 1. The summed E-state index contributed by atoms with van der Waals surface area (Å²) in [4.78, 5) is 36.8. The van der Waals surface area contributed by atoms with Gasteiger partial charge in [0.05, 0.1) is 30.3 Å². The summed E-state index contributed by atoms with van der Waals surface area (Å²) < 4.78 is 32.6. The minimum atomic E-state index is -1.22. The van der Waals surface area contributed by atoms with Gasteiger partial charge in [-0.3, -0.25) is 9.59 Å². The Morgan fingerprint density at radius 1 is 1.00 bits per heavy atom. The van der Waals surface area contributed by atoms with E-state index in [0.29, 0.717) is 47.5 Å². The molecule has 2 aliphatic rings. The van der Waals surface area contributed by atoms with Crippen LogP contribution in [0.15, 0.2) is 71.5 Å². The van der Waals surface area contributed by atoms with Crippen molar-refractivity contribution in [2.24, 2.45) is 5.41 Å². The van der Waals surface area contributed by atoms with Crippen LogP contribution in [-0.2, 0) is 9.59 Å². The maximum atomic E-state index is 15.2. The average Bonchev–Trinajstić information content (AvgIpc) is 3.86. The highest BCUT2D eigenvalue weighted by Crippen LogP contribution is 2.47. The zero-order valence-electron chi connectivity index (χ0n) is 25.8. The predicted octanol–water partition coefficient (Wildman–Crippen LogP) is 5.67. The smallest absolute Gasteiger partial charge is 0.240 e. The van der Waals surface area contributed by atoms with Crippen LogP contribution in [0.5, 0.6) is 23.1 Å². The highest BCUT2D eigenvalue weighted by Gasteiger charge is 2.56. The summed E-state index contributed by atoms with van der Waals surface area (Å²) >= 11 is 0. The van der Waals surface area contributed by atoms with Gasteiger partial charge in [0.2, 0.25) is 17.7 Å². The van der Waals surface area contributed by atoms with Gasteiger partial charge in [0.1, 0.15) is 11.7 Å². The fourth-order valence-electron chi connectivity index (χ4n) is 4.88. The van der Waals surface area contributed by atoms with E-state index < -0.39 is 23.0 Å². The summed E-state index contributed by atoms with van der Waals surface area (Å²) in [5.41, 5.74) is 6.56. The maximum Gasteiger partial charge on any atom is 0.240 e. The number of carbonyl (C=O) groups excluding carboxylic acids is 2. The average molecular weight is 614 g/mol. The first-order valence-corrected chi connectivity index (χ1v) is 14.9. The fraction of sp³-hybridized carbons (Fsp3) is 0.353. The summed E-state index contributed by atoms with van der Waals surface area (Å²) in [5.74, 6) is -0.636. The molecule has 45 heavy (non-hydrogen) atoms. The molecule has 1 heterocycles. The van der Waals surface area contributed by atoms with Crippen LogP contribution in [0.4, 0.5) is 10.1 Å². The Morgan fingerprint density at radius 2 is 1.78 bits per heavy atom. The number of anilines is 1. The van der Waals surface area contributed by atoms with E-state index >= 15 is 4.39 Å². The minimum absolute atomic E-state index is 0.103. The highest BCUT2D eigenvalue weighted by atomic mass is 19.1. The van der Waals surface area contributed by atoms with Gasteiger partial charge < -0.3 is 29.7 Å². The van der Waals surface area contributed by atoms with Crippen molar-refractivity contribution in [2.75, 3.05) is 38.7 Å². The van der Waals surface area contributed by atoms with Gasteiger partial charge in [0.25, 0.3) is 0 Å². The van der Waals surface area contributed by atoms with Crippen molar-refractivity contribution in [3.8, 4) is 23.1 Å². The molecule has 2 aliphatic carbocycles. The first-order valence-electron chi connectivity index (χ1n) is 14.9. The molecular formula is C34H36FN5O5. The van der Waals surface area contributed by atoms with Crippen molar-refractivity contribution in [3.63, 3.8) is 0 Å². The van der Waals surface area contributed by atoms with Crippen molar-refractivity contribution in [1.82, 2.24) is 20.2 Å². The molecule has 0 saturated heterocycles. The predicted molar refractivity (Wildman–Crippen MR) is 168 cm³/mol. The number of nitrogens with zero attached hydrogens (tertiary/aromatic N) is 3. The fourth-order valence-corrected chi connectivity index (χ4v) is 4.88. The van der Waals surface area contributed by atoms with Crippen LogP contribution >= 0.6 is 0 Å². The van der Waals surface area contributed by atoms with Gasteiger partial charge >= 0.3 is 0 Å². The second-order valence-corrected chi connectivity index (χ2v) is 10.8. The van der Waals surface area contributed by atoms with Gasteiger partial charge in [-0.2, -0.15) is 0 Å². The summed E-state index contributed by atoms with van der Waals surface area (Å²) in [6.45, 7) is 9.54. The van der Waals surface area contributed by atoms with Gasteiger partial charge in [0.15, 0.2) is 23.1 Å². The number of rotatable bonds is 14. The van der Waals surface area contributed by atoms with E-state index in [9.17, 15) is 9.59 Å². The van der Waals surface area contributed by atoms with E-state index in [-0.39, 0.29) is 17.3 Å². The Kier molecular flexibility index (Phi) is 9.64. The van der Waals surface area contributed by atoms with Gasteiger partial charge in [0, 0.05) is 24.4 Å². The third-order valence-electron chi connectivity index (χ3n) is 7.81. The standard InChI is InChI=1S/C34H36FN5O5/c1-5-40(6-2)16-7-17-44-30-20-27-25(19-29(30)43-4)31(37-21-36-27)45-28-13-12-24(18-26(28)35)39-33(42)34(14-15-34)32(41)38-23-10-8-22(3)9-11-23/h8,10,12-13,18-21H,5-7,14-17H2,1-4H3,(H,38,41)(H,39,42). The summed E-state index contributed by atoms with van der Waals surface area (Å²) in [6, 6.07) is 7.47. The Morgan fingerprint density at radius 3 is 2.44 bits per heavy atom. The normalized spacial score (nSPS) is 14.5. The molecule has 0 radical (unpaired) electrons. The maximum absolute atomic E-state index is 15.2. The number of hydrogen-bond donors (Lipinski definition) is 2. The Bertz CT molecular complexity index is 1750. The van der Waals surface area contributed by atoms with Crippen LogP contribution in [-0.4, -0.2) is 60.0 Å². The molecule has 2 aromatic carbocycles. The molecule has 3 aromatic rings. The van der Waals surface area contributed by atoms with E-state index in [1.165, 1.54) is 25.6 Å². The van der Waals surface area contributed by atoms with Gasteiger partial charge in [-0.1, -0.05) is 19.6 Å². The summed E-state index contributed by atoms with van der Waals surface area (Å²) in [5, 5.41) is 5.89. The molecule has 0 atom stereocenters. The second-order valence-electron chi connectivity index (χ2n) is 10.8. The van der Waals surface area contributed by atoms with E-state index in [1.807, 2.05) is 6.92 Å². The topological polar surface area (TPSA) is 115 Å². The number of allylic oxidation sites excluding steroid dienone is 3. The number of hydrogen-bond acceptors (Lipinski definition) is 8. The van der Waals surface area contributed by atoms with Crippen LogP contribution in [0.2, 0.25) is 0 Å². The summed E-state index contributed by atoms with van der Waals surface area (Å²) in [7, 11) is 1.54. The molecule has 0 spiro atoms. The van der Waals surface area contributed by atoms with Crippen LogP contribution < -0.4 is 24.8 Å². The second kappa shape index (κ2) is 13.8. The number of halogens is 1. The van der Waals surface area contributed by atoms with Crippen molar-refractivity contribution >= 4 is 28.4 Å². The Labute approximate surface area is 261 Å². The molecule has 1 saturated carbocycles. The zero-order chi connectivity index (χ0) is 32.0. The molecule has 2 amide bonds. The van der Waals surface area contributed by atoms with Gasteiger partial charge in [-0.15, -0.1) is 0 Å². The van der Waals surface area contributed by atoms with Crippen LogP contribution in [0.3, 0.4) is 0 Å². The lowest BCUT2D eigenvalue weighted by atomic mass is 10.0. The number of nitrogens with one attached hydrogen (secondary N) is 2. The first-order chi connectivity index (χ1) is 21.8. The van der Waals surface area contributed by atoms with Crippen molar-refractivity contribution < 1.29 is 28.2 Å². The molecule has 234 valence electrons. The Hall–Kier alpha value is -4.95. The van der Waals surface area contributed by atoms with Crippen LogP contribution in [0.1, 0.15) is 40.0 Å². The molecule has 2 N–H and O–H groups in total. The van der Waals surface area contributed by atoms with E-state index in [0.717, 1.165) is 37.7 Å². The van der Waals surface area contributed by atoms with Crippen molar-refractivity contribution in [3.05, 3.63) is 77.4 Å². The summed E-state index contributed by atoms with van der Waals surface area (Å²) in [6.07, 6.45) is 6.45. The third-order valence-corrected chi connectivity index (χ3v) is 7.81. The lowest BCUT2D eigenvalue weighted by molar-refractivity contribution is -0.133. The quantitative estimate of drug-likeness (QED) is 0.136. The van der Waals surface area contributed by atoms with E-state index in [2.05, 4.69) is 50.8 Å². The molecule has 11 heteroatoms. The zero-order valence-corrected chi connectivity index (χ0v) is 25.8. The third kappa shape index (κ3) is 7.24. The number of fused-ring (bicyclic) bond motifs is 1. The number of benzene rings is 2. The Balaban J connectivity index is 1.26. The highest BCUT2D eigenvalue weighted by molar-refractivity contribution is 6.13. The number of aromatic nitrogens is 2. The molecular weight excluding hydrogens is 577 g/mol. The SMILES string of the molecule is CCN(CC)CCCOc1cc2ncnc(Oc3ccc(NC(=O)C4(C(=O)NC5=C=C=C(C)C=C5)CC4)cc3F)c2cc1OC. The number of carbonyl (C=O) groups is 2. The lowest BCUT2D eigenvalue weighted by Gasteiger charge is -2.18. The lowest BCUT2D eigenvalue weighted by Crippen LogP contribution is -2.39. The van der Waals surface area contributed by atoms with Crippen molar-refractivity contribution in [1.29, 1.82) is 0 Å².